The van der Waals surface area contributed by atoms with Crippen molar-refractivity contribution in [2.24, 2.45) is 5.92 Å². The molecule has 0 radical (unpaired) electrons. The topological polar surface area (TPSA) is 79.7 Å². The maximum atomic E-state index is 13.1. The van der Waals surface area contributed by atoms with E-state index >= 15 is 0 Å². The van der Waals surface area contributed by atoms with Crippen molar-refractivity contribution in [1.29, 1.82) is 0 Å². The van der Waals surface area contributed by atoms with Crippen LogP contribution in [0.15, 0.2) is 37.2 Å². The van der Waals surface area contributed by atoms with Crippen LogP contribution in [0.5, 0.6) is 0 Å². The molecule has 2 unspecified atom stereocenters. The van der Waals surface area contributed by atoms with E-state index in [9.17, 15) is 14.5 Å². The maximum absolute atomic E-state index is 13.1. The van der Waals surface area contributed by atoms with Crippen LogP contribution in [0.2, 0.25) is 0 Å². The van der Waals surface area contributed by atoms with Gasteiger partial charge in [-0.3, -0.25) is 9.55 Å². The third-order valence-electron chi connectivity index (χ3n) is 3.38. The van der Waals surface area contributed by atoms with Gasteiger partial charge in [0.1, 0.15) is 0 Å². The first-order valence-electron chi connectivity index (χ1n) is 6.79. The molecule has 0 bridgehead atoms. The molecule has 0 aliphatic heterocycles. The first-order valence-corrected chi connectivity index (χ1v) is 8.55. The SMILES string of the molecule is C=CC1C[C@@H]1N(C(=O)O)P(=O)(Cc1cccnc1)OCC. The minimum absolute atomic E-state index is 0.0291. The second-order valence-electron chi connectivity index (χ2n) is 4.90. The monoisotopic (exact) mass is 310 g/mol. The fraction of sp³-hybridized carbons (Fsp3) is 0.429. The molecule has 1 amide bonds. The molecule has 1 N–H and O–H groups in total. The Labute approximate surface area is 124 Å². The van der Waals surface area contributed by atoms with Gasteiger partial charge in [0.2, 0.25) is 0 Å². The van der Waals surface area contributed by atoms with Crippen LogP contribution in [0.25, 0.3) is 0 Å². The van der Waals surface area contributed by atoms with Gasteiger partial charge in [0.15, 0.2) is 0 Å². The lowest BCUT2D eigenvalue weighted by Crippen LogP contribution is -2.31. The van der Waals surface area contributed by atoms with Crippen molar-refractivity contribution in [3.8, 4) is 0 Å². The molecule has 2 rings (SSSR count). The fourth-order valence-corrected chi connectivity index (χ4v) is 4.74. The third kappa shape index (κ3) is 3.52. The van der Waals surface area contributed by atoms with Gasteiger partial charge in [0, 0.05) is 12.4 Å². The zero-order chi connectivity index (χ0) is 15.5. The first-order chi connectivity index (χ1) is 10.0. The van der Waals surface area contributed by atoms with Gasteiger partial charge in [0.05, 0.1) is 18.8 Å². The molecule has 0 aromatic carbocycles. The van der Waals surface area contributed by atoms with E-state index in [-0.39, 0.29) is 24.7 Å². The average molecular weight is 310 g/mol. The van der Waals surface area contributed by atoms with E-state index in [4.69, 9.17) is 4.52 Å². The summed E-state index contributed by atoms with van der Waals surface area (Å²) in [4.78, 5) is 15.5. The molecule has 7 heteroatoms. The van der Waals surface area contributed by atoms with Crippen LogP contribution in [0.4, 0.5) is 4.79 Å². The van der Waals surface area contributed by atoms with Gasteiger partial charge >= 0.3 is 13.6 Å². The lowest BCUT2D eigenvalue weighted by atomic mass is 10.3. The van der Waals surface area contributed by atoms with E-state index in [0.717, 1.165) is 4.67 Å². The number of nitrogens with zero attached hydrogens (tertiary/aromatic N) is 2. The maximum Gasteiger partial charge on any atom is 0.414 e. The zero-order valence-corrected chi connectivity index (χ0v) is 12.8. The van der Waals surface area contributed by atoms with E-state index in [1.54, 1.807) is 37.5 Å². The summed E-state index contributed by atoms with van der Waals surface area (Å²) in [5, 5.41) is 9.46. The van der Waals surface area contributed by atoms with Crippen LogP contribution in [0.1, 0.15) is 18.9 Å². The summed E-state index contributed by atoms with van der Waals surface area (Å²) in [6, 6.07) is 3.17. The molecule has 1 aliphatic carbocycles. The lowest BCUT2D eigenvalue weighted by molar-refractivity contribution is 0.160. The number of carboxylic acid groups (broad SMARTS) is 1. The molecule has 114 valence electrons. The Hall–Kier alpha value is -1.65. The molecule has 1 saturated carbocycles. The van der Waals surface area contributed by atoms with Crippen molar-refractivity contribution in [3.05, 3.63) is 42.7 Å². The van der Waals surface area contributed by atoms with E-state index in [1.807, 2.05) is 0 Å². The van der Waals surface area contributed by atoms with Crippen LogP contribution in [0, 0.1) is 5.92 Å². The van der Waals surface area contributed by atoms with Crippen LogP contribution < -0.4 is 0 Å². The summed E-state index contributed by atoms with van der Waals surface area (Å²) >= 11 is 0. The summed E-state index contributed by atoms with van der Waals surface area (Å²) in [6.45, 7) is 5.56. The first kappa shape index (κ1) is 15.7. The molecule has 3 atom stereocenters. The van der Waals surface area contributed by atoms with Gasteiger partial charge < -0.3 is 9.63 Å². The highest BCUT2D eigenvalue weighted by molar-refractivity contribution is 7.56. The number of pyridine rings is 1. The summed E-state index contributed by atoms with van der Waals surface area (Å²) in [5.41, 5.74) is 0.691. The molecule has 1 heterocycles. The minimum Gasteiger partial charge on any atom is -0.465 e. The van der Waals surface area contributed by atoms with Crippen LogP contribution in [0.3, 0.4) is 0 Å². The second-order valence-corrected chi connectivity index (χ2v) is 7.18. The highest BCUT2D eigenvalue weighted by Gasteiger charge is 2.50. The van der Waals surface area contributed by atoms with Crippen molar-refractivity contribution >= 4 is 13.6 Å². The third-order valence-corrected chi connectivity index (χ3v) is 5.93. The molecule has 1 fully saturated rings. The molecule has 1 aromatic heterocycles. The number of hydrogen-bond donors (Lipinski definition) is 1. The number of aromatic nitrogens is 1. The smallest absolute Gasteiger partial charge is 0.414 e. The molecule has 0 saturated heterocycles. The predicted octanol–water partition coefficient (Wildman–Crippen LogP) is 3.37. The van der Waals surface area contributed by atoms with E-state index in [0.29, 0.717) is 12.0 Å². The Bertz CT molecular complexity index is 563. The van der Waals surface area contributed by atoms with Crippen LogP contribution in [-0.2, 0) is 15.3 Å². The van der Waals surface area contributed by atoms with Crippen molar-refractivity contribution in [2.75, 3.05) is 6.61 Å². The summed E-state index contributed by atoms with van der Waals surface area (Å²) in [5.74, 6) is 0.0452. The van der Waals surface area contributed by atoms with Gasteiger partial charge in [0.25, 0.3) is 0 Å². The largest absolute Gasteiger partial charge is 0.465 e. The summed E-state index contributed by atoms with van der Waals surface area (Å²) < 4.78 is 19.5. The molecule has 1 aromatic rings. The van der Waals surface area contributed by atoms with Gasteiger partial charge in [-0.25, -0.2) is 9.46 Å². The van der Waals surface area contributed by atoms with Gasteiger partial charge in [-0.2, -0.15) is 0 Å². The van der Waals surface area contributed by atoms with Crippen molar-refractivity contribution in [3.63, 3.8) is 0 Å². The van der Waals surface area contributed by atoms with E-state index in [1.165, 1.54) is 0 Å². The Balaban J connectivity index is 2.28. The molecule has 21 heavy (non-hydrogen) atoms. The Morgan fingerprint density at radius 3 is 2.95 bits per heavy atom. The Kier molecular flexibility index (Phi) is 4.80. The Morgan fingerprint density at radius 1 is 1.71 bits per heavy atom. The van der Waals surface area contributed by atoms with E-state index in [2.05, 4.69) is 11.6 Å². The van der Waals surface area contributed by atoms with Crippen LogP contribution >= 0.6 is 7.52 Å². The average Bonchev–Trinajstić information content (AvgIpc) is 3.18. The molecule has 6 nitrogen and oxygen atoms in total. The van der Waals surface area contributed by atoms with Crippen molar-refractivity contribution < 1.29 is 19.0 Å². The normalized spacial score (nSPS) is 23.1. The van der Waals surface area contributed by atoms with Gasteiger partial charge in [-0.05, 0) is 30.9 Å². The quantitative estimate of drug-likeness (QED) is 0.617. The fourth-order valence-electron chi connectivity index (χ4n) is 2.34. The van der Waals surface area contributed by atoms with Crippen molar-refractivity contribution in [2.45, 2.75) is 25.5 Å². The molecule has 1 aliphatic rings. The van der Waals surface area contributed by atoms with Gasteiger partial charge in [-0.1, -0.05) is 12.1 Å². The standard InChI is InChI=1S/C14H19N2O4P/c1-3-12-8-13(12)16(14(17)18)21(19,20-4-2)10-11-6-5-7-15-9-11/h3,5-7,9,12-13H,1,4,8,10H2,2H3,(H,17,18)/t12?,13-,21?/m0/s1. The zero-order valence-electron chi connectivity index (χ0n) is 11.9. The number of rotatable bonds is 7. The minimum atomic E-state index is -3.51. The highest BCUT2D eigenvalue weighted by atomic mass is 31.2. The number of amides is 1. The number of hydrogen-bond acceptors (Lipinski definition) is 4. The highest BCUT2D eigenvalue weighted by Crippen LogP contribution is 2.59. The molecular weight excluding hydrogens is 291 g/mol. The van der Waals surface area contributed by atoms with Gasteiger partial charge in [-0.15, -0.1) is 6.58 Å². The second kappa shape index (κ2) is 6.41. The Morgan fingerprint density at radius 2 is 2.48 bits per heavy atom. The van der Waals surface area contributed by atoms with E-state index < -0.39 is 13.6 Å². The van der Waals surface area contributed by atoms with Crippen LogP contribution in [-0.4, -0.2) is 33.5 Å². The number of carbonyl (C=O) groups is 1. The lowest BCUT2D eigenvalue weighted by Gasteiger charge is -2.29. The summed E-state index contributed by atoms with van der Waals surface area (Å²) in [7, 11) is -3.51. The summed E-state index contributed by atoms with van der Waals surface area (Å²) in [6.07, 6.45) is 4.33. The predicted molar refractivity (Wildman–Crippen MR) is 79.1 cm³/mol. The molecule has 0 spiro atoms. The molecular formula is C14H19N2O4P. The van der Waals surface area contributed by atoms with Crippen molar-refractivity contribution in [1.82, 2.24) is 9.65 Å².